The highest BCUT2D eigenvalue weighted by atomic mass is 16.2. The van der Waals surface area contributed by atoms with Gasteiger partial charge in [-0.1, -0.05) is 6.92 Å². The van der Waals surface area contributed by atoms with E-state index in [9.17, 15) is 9.59 Å². The van der Waals surface area contributed by atoms with Crippen molar-refractivity contribution in [2.45, 2.75) is 39.0 Å². The van der Waals surface area contributed by atoms with E-state index < -0.39 is 0 Å². The minimum atomic E-state index is -0.205. The van der Waals surface area contributed by atoms with Crippen LogP contribution < -0.4 is 11.1 Å². The van der Waals surface area contributed by atoms with E-state index in [1.807, 2.05) is 4.90 Å². The van der Waals surface area contributed by atoms with Gasteiger partial charge in [-0.05, 0) is 48.9 Å². The van der Waals surface area contributed by atoms with E-state index in [2.05, 4.69) is 17.3 Å². The molecule has 1 saturated heterocycles. The standard InChI is InChI=1S/C19H29N5O2/c1-12-10-24(16(25)5-13-6-19(7-13)3-4-19)11-14(12)8-21-18(26)17-15(20)9-22-23(17)2/h9,12-14H,3-8,10-11,20H2,1-2H3,(H,21,26). The molecule has 4 rings (SSSR count). The number of nitrogens with zero attached hydrogens (tertiary/aromatic N) is 3. The van der Waals surface area contributed by atoms with Crippen LogP contribution in [0.5, 0.6) is 0 Å². The van der Waals surface area contributed by atoms with Gasteiger partial charge in [-0.3, -0.25) is 14.3 Å². The molecule has 1 aromatic heterocycles. The molecular weight excluding hydrogens is 330 g/mol. The second kappa shape index (κ2) is 6.28. The number of anilines is 1. The molecule has 26 heavy (non-hydrogen) atoms. The van der Waals surface area contributed by atoms with Gasteiger partial charge in [-0.2, -0.15) is 5.10 Å². The maximum Gasteiger partial charge on any atom is 0.271 e. The molecule has 1 spiro atoms. The third-order valence-corrected chi connectivity index (χ3v) is 6.69. The second-order valence-electron chi connectivity index (χ2n) is 8.80. The average Bonchev–Trinajstić information content (AvgIpc) is 3.16. The number of hydrogen-bond donors (Lipinski definition) is 2. The zero-order valence-electron chi connectivity index (χ0n) is 15.7. The smallest absolute Gasteiger partial charge is 0.271 e. The van der Waals surface area contributed by atoms with E-state index in [-0.39, 0.29) is 11.8 Å². The molecule has 2 atom stereocenters. The van der Waals surface area contributed by atoms with Gasteiger partial charge in [-0.15, -0.1) is 0 Å². The van der Waals surface area contributed by atoms with Gasteiger partial charge in [0, 0.05) is 33.1 Å². The third kappa shape index (κ3) is 3.19. The summed E-state index contributed by atoms with van der Waals surface area (Å²) in [5.41, 5.74) is 7.24. The Labute approximate surface area is 154 Å². The molecule has 2 amide bonds. The lowest BCUT2D eigenvalue weighted by molar-refractivity contribution is -0.132. The van der Waals surface area contributed by atoms with E-state index in [0.717, 1.165) is 13.1 Å². The van der Waals surface area contributed by atoms with Gasteiger partial charge in [0.05, 0.1) is 11.9 Å². The lowest BCUT2D eigenvalue weighted by Gasteiger charge is -2.36. The van der Waals surface area contributed by atoms with Crippen molar-refractivity contribution in [1.82, 2.24) is 20.0 Å². The monoisotopic (exact) mass is 359 g/mol. The van der Waals surface area contributed by atoms with E-state index in [4.69, 9.17) is 5.73 Å². The summed E-state index contributed by atoms with van der Waals surface area (Å²) in [6.07, 6.45) is 7.46. The van der Waals surface area contributed by atoms with Gasteiger partial charge >= 0.3 is 0 Å². The predicted molar refractivity (Wildman–Crippen MR) is 98.2 cm³/mol. The first kappa shape index (κ1) is 17.4. The average molecular weight is 359 g/mol. The molecule has 1 aromatic rings. The Kier molecular flexibility index (Phi) is 4.20. The van der Waals surface area contributed by atoms with Gasteiger partial charge in [0.25, 0.3) is 5.91 Å². The summed E-state index contributed by atoms with van der Waals surface area (Å²) >= 11 is 0. The maximum atomic E-state index is 12.6. The Balaban J connectivity index is 1.25. The van der Waals surface area contributed by atoms with Crippen LogP contribution in [0.3, 0.4) is 0 Å². The van der Waals surface area contributed by atoms with Crippen molar-refractivity contribution >= 4 is 17.5 Å². The molecule has 142 valence electrons. The molecule has 2 heterocycles. The molecule has 2 aliphatic carbocycles. The molecule has 3 aliphatic rings. The summed E-state index contributed by atoms with van der Waals surface area (Å²) in [5.74, 6) is 1.37. The summed E-state index contributed by atoms with van der Waals surface area (Å²) in [5, 5.41) is 6.96. The molecule has 1 aliphatic heterocycles. The lowest BCUT2D eigenvalue weighted by atomic mass is 9.70. The number of carbonyl (C=O) groups is 2. The van der Waals surface area contributed by atoms with Crippen LogP contribution in [0.1, 0.15) is 49.5 Å². The number of aryl methyl sites for hydroxylation is 1. The number of amides is 2. The fraction of sp³-hybridized carbons (Fsp3) is 0.737. The van der Waals surface area contributed by atoms with Crippen LogP contribution in [0.4, 0.5) is 5.69 Å². The topological polar surface area (TPSA) is 93.2 Å². The Morgan fingerprint density at radius 1 is 1.35 bits per heavy atom. The van der Waals surface area contributed by atoms with Crippen molar-refractivity contribution in [2.75, 3.05) is 25.4 Å². The van der Waals surface area contributed by atoms with Crippen molar-refractivity contribution in [1.29, 1.82) is 0 Å². The van der Waals surface area contributed by atoms with E-state index >= 15 is 0 Å². The van der Waals surface area contributed by atoms with E-state index in [1.165, 1.54) is 36.6 Å². The Bertz CT molecular complexity index is 696. The Morgan fingerprint density at radius 2 is 2.08 bits per heavy atom. The second-order valence-corrected chi connectivity index (χ2v) is 8.80. The lowest BCUT2D eigenvalue weighted by Crippen LogP contribution is -2.36. The fourth-order valence-corrected chi connectivity index (χ4v) is 4.81. The third-order valence-electron chi connectivity index (χ3n) is 6.69. The van der Waals surface area contributed by atoms with Gasteiger partial charge in [-0.25, -0.2) is 0 Å². The molecule has 7 nitrogen and oxygen atoms in total. The summed E-state index contributed by atoms with van der Waals surface area (Å²) in [7, 11) is 1.70. The van der Waals surface area contributed by atoms with E-state index in [0.29, 0.717) is 47.5 Å². The summed E-state index contributed by atoms with van der Waals surface area (Å²) in [4.78, 5) is 26.9. The number of rotatable bonds is 5. The van der Waals surface area contributed by atoms with Crippen LogP contribution in [0.25, 0.3) is 0 Å². The normalized spacial score (nSPS) is 26.8. The van der Waals surface area contributed by atoms with Gasteiger partial charge < -0.3 is 16.0 Å². The van der Waals surface area contributed by atoms with Gasteiger partial charge in [0.2, 0.25) is 5.91 Å². The number of likely N-dealkylation sites (tertiary alicyclic amines) is 1. The number of aromatic nitrogens is 2. The SMILES string of the molecule is CC1CN(C(=O)CC2CC3(CC3)C2)CC1CNC(=O)c1c(N)cnn1C. The predicted octanol–water partition coefficient (Wildman–Crippen LogP) is 1.41. The Hall–Kier alpha value is -2.05. The molecule has 0 aromatic carbocycles. The zero-order valence-corrected chi connectivity index (χ0v) is 15.7. The highest BCUT2D eigenvalue weighted by Crippen LogP contribution is 2.64. The van der Waals surface area contributed by atoms with E-state index in [1.54, 1.807) is 7.05 Å². The molecule has 7 heteroatoms. The van der Waals surface area contributed by atoms with Crippen LogP contribution in [-0.2, 0) is 11.8 Å². The number of nitrogen functional groups attached to an aromatic ring is 1. The summed E-state index contributed by atoms with van der Waals surface area (Å²) in [6.45, 7) is 4.25. The molecule has 0 radical (unpaired) electrons. The Morgan fingerprint density at radius 3 is 2.69 bits per heavy atom. The maximum absolute atomic E-state index is 12.6. The number of hydrogen-bond acceptors (Lipinski definition) is 4. The van der Waals surface area contributed by atoms with Crippen LogP contribution >= 0.6 is 0 Å². The van der Waals surface area contributed by atoms with Crippen LogP contribution in [-0.4, -0.2) is 46.1 Å². The molecule has 0 bridgehead atoms. The van der Waals surface area contributed by atoms with Gasteiger partial charge in [0.1, 0.15) is 5.69 Å². The van der Waals surface area contributed by atoms with Gasteiger partial charge in [0.15, 0.2) is 0 Å². The zero-order chi connectivity index (χ0) is 18.5. The number of nitrogens with two attached hydrogens (primary N) is 1. The van der Waals surface area contributed by atoms with Crippen molar-refractivity contribution in [2.24, 2.45) is 30.2 Å². The largest absolute Gasteiger partial charge is 0.396 e. The molecule has 3 N–H and O–H groups in total. The first-order valence-corrected chi connectivity index (χ1v) is 9.70. The van der Waals surface area contributed by atoms with Crippen molar-refractivity contribution in [3.63, 3.8) is 0 Å². The quantitative estimate of drug-likeness (QED) is 0.831. The first-order valence-electron chi connectivity index (χ1n) is 9.70. The molecule has 3 fully saturated rings. The van der Waals surface area contributed by atoms with Crippen molar-refractivity contribution in [3.05, 3.63) is 11.9 Å². The molecular formula is C19H29N5O2. The minimum absolute atomic E-state index is 0.205. The highest BCUT2D eigenvalue weighted by Gasteiger charge is 2.53. The fourth-order valence-electron chi connectivity index (χ4n) is 4.81. The number of nitrogens with one attached hydrogen (secondary N) is 1. The van der Waals surface area contributed by atoms with Crippen LogP contribution in [0.2, 0.25) is 0 Å². The first-order chi connectivity index (χ1) is 12.4. The summed E-state index contributed by atoms with van der Waals surface area (Å²) < 4.78 is 1.49. The van der Waals surface area contributed by atoms with Crippen LogP contribution in [0.15, 0.2) is 6.20 Å². The van der Waals surface area contributed by atoms with Crippen LogP contribution in [0, 0.1) is 23.2 Å². The summed E-state index contributed by atoms with van der Waals surface area (Å²) in [6, 6.07) is 0. The highest BCUT2D eigenvalue weighted by molar-refractivity contribution is 5.97. The van der Waals surface area contributed by atoms with Crippen molar-refractivity contribution < 1.29 is 9.59 Å². The van der Waals surface area contributed by atoms with Crippen molar-refractivity contribution in [3.8, 4) is 0 Å². The minimum Gasteiger partial charge on any atom is -0.396 e. The molecule has 2 saturated carbocycles. The molecule has 2 unspecified atom stereocenters. The number of carbonyl (C=O) groups excluding carboxylic acids is 2.